The van der Waals surface area contributed by atoms with Crippen LogP contribution < -0.4 is 0 Å². The van der Waals surface area contributed by atoms with E-state index in [1.54, 1.807) is 12.1 Å². The number of nitro groups is 1. The van der Waals surface area contributed by atoms with Gasteiger partial charge in [-0.3, -0.25) is 15.0 Å². The molecule has 0 aliphatic carbocycles. The molecule has 13 heavy (non-hydrogen) atoms. The Morgan fingerprint density at radius 3 is 2.92 bits per heavy atom. The molecule has 0 bridgehead atoms. The third-order valence-electron chi connectivity index (χ3n) is 2.31. The van der Waals surface area contributed by atoms with Crippen molar-refractivity contribution in [1.82, 2.24) is 4.90 Å². The van der Waals surface area contributed by atoms with Crippen LogP contribution in [0.5, 0.6) is 0 Å². The van der Waals surface area contributed by atoms with E-state index in [9.17, 15) is 10.1 Å². The van der Waals surface area contributed by atoms with Crippen LogP contribution in [0.4, 0.5) is 5.69 Å². The molecule has 0 N–H and O–H groups in total. The van der Waals surface area contributed by atoms with E-state index >= 15 is 0 Å². The van der Waals surface area contributed by atoms with E-state index < -0.39 is 0 Å². The second-order valence-electron chi connectivity index (χ2n) is 3.34. The van der Waals surface area contributed by atoms with Gasteiger partial charge in [0.25, 0.3) is 5.69 Å². The van der Waals surface area contributed by atoms with Gasteiger partial charge in [0, 0.05) is 24.7 Å². The second kappa shape index (κ2) is 2.81. The molecule has 0 saturated carbocycles. The van der Waals surface area contributed by atoms with Gasteiger partial charge in [-0.15, -0.1) is 0 Å². The maximum Gasteiger partial charge on any atom is 0.274 e. The highest BCUT2D eigenvalue weighted by Gasteiger charge is 2.23. The molecule has 1 aliphatic rings. The summed E-state index contributed by atoms with van der Waals surface area (Å²) < 4.78 is 0. The molecule has 0 saturated heterocycles. The average molecular weight is 178 g/mol. The van der Waals surface area contributed by atoms with E-state index in [1.807, 2.05) is 13.1 Å². The summed E-state index contributed by atoms with van der Waals surface area (Å²) in [4.78, 5) is 12.4. The summed E-state index contributed by atoms with van der Waals surface area (Å²) in [5.74, 6) is 0. The van der Waals surface area contributed by atoms with Gasteiger partial charge in [0.1, 0.15) is 0 Å². The number of hydrogen-bond acceptors (Lipinski definition) is 3. The first-order valence-electron chi connectivity index (χ1n) is 4.12. The summed E-state index contributed by atoms with van der Waals surface area (Å²) in [7, 11) is 1.96. The number of benzene rings is 1. The Morgan fingerprint density at radius 2 is 2.23 bits per heavy atom. The van der Waals surface area contributed by atoms with Crippen LogP contribution in [0.2, 0.25) is 0 Å². The predicted molar refractivity (Wildman–Crippen MR) is 48.3 cm³/mol. The van der Waals surface area contributed by atoms with Crippen molar-refractivity contribution in [3.8, 4) is 0 Å². The van der Waals surface area contributed by atoms with Crippen molar-refractivity contribution in [3.05, 3.63) is 39.4 Å². The zero-order valence-corrected chi connectivity index (χ0v) is 7.36. The van der Waals surface area contributed by atoms with E-state index in [-0.39, 0.29) is 10.6 Å². The van der Waals surface area contributed by atoms with E-state index in [1.165, 1.54) is 0 Å². The van der Waals surface area contributed by atoms with Crippen molar-refractivity contribution >= 4 is 5.69 Å². The number of hydrogen-bond donors (Lipinski definition) is 0. The number of fused-ring (bicyclic) bond motifs is 1. The van der Waals surface area contributed by atoms with Gasteiger partial charge >= 0.3 is 0 Å². The molecule has 1 aromatic rings. The zero-order valence-electron chi connectivity index (χ0n) is 7.36. The van der Waals surface area contributed by atoms with Crippen LogP contribution in [-0.2, 0) is 13.1 Å². The van der Waals surface area contributed by atoms with E-state index in [0.717, 1.165) is 17.7 Å². The largest absolute Gasteiger partial charge is 0.298 e. The fourth-order valence-corrected chi connectivity index (χ4v) is 1.74. The summed E-state index contributed by atoms with van der Waals surface area (Å²) in [6.45, 7) is 1.50. The molecule has 0 unspecified atom stereocenters. The third kappa shape index (κ3) is 1.29. The first-order valence-corrected chi connectivity index (χ1v) is 4.12. The summed E-state index contributed by atoms with van der Waals surface area (Å²) in [5.41, 5.74) is 2.20. The minimum absolute atomic E-state index is 0.252. The van der Waals surface area contributed by atoms with Crippen LogP contribution in [0.15, 0.2) is 18.2 Å². The fraction of sp³-hybridized carbons (Fsp3) is 0.333. The molecule has 4 heteroatoms. The Hall–Kier alpha value is -1.42. The quantitative estimate of drug-likeness (QED) is 0.484. The SMILES string of the molecule is CN1Cc2cccc([N+](=O)[O-])c2C1. The van der Waals surface area contributed by atoms with Crippen molar-refractivity contribution in [2.24, 2.45) is 0 Å². The minimum Gasteiger partial charge on any atom is -0.298 e. The Balaban J connectivity index is 2.51. The summed E-state index contributed by atoms with van der Waals surface area (Å²) in [6.07, 6.45) is 0. The topological polar surface area (TPSA) is 46.4 Å². The van der Waals surface area contributed by atoms with Crippen molar-refractivity contribution in [2.75, 3.05) is 7.05 Å². The number of rotatable bonds is 1. The minimum atomic E-state index is -0.308. The van der Waals surface area contributed by atoms with Crippen LogP contribution in [0.1, 0.15) is 11.1 Å². The van der Waals surface area contributed by atoms with Crippen LogP contribution in [0.3, 0.4) is 0 Å². The first-order chi connectivity index (χ1) is 6.18. The third-order valence-corrected chi connectivity index (χ3v) is 2.31. The van der Waals surface area contributed by atoms with Crippen molar-refractivity contribution in [1.29, 1.82) is 0 Å². The van der Waals surface area contributed by atoms with E-state index in [0.29, 0.717) is 6.54 Å². The van der Waals surface area contributed by atoms with Gasteiger partial charge in [-0.1, -0.05) is 12.1 Å². The van der Waals surface area contributed by atoms with Crippen molar-refractivity contribution in [3.63, 3.8) is 0 Å². The van der Waals surface area contributed by atoms with E-state index in [4.69, 9.17) is 0 Å². The molecule has 4 nitrogen and oxygen atoms in total. The molecule has 2 rings (SSSR count). The monoisotopic (exact) mass is 178 g/mol. The first kappa shape index (κ1) is 8.19. The highest BCUT2D eigenvalue weighted by molar-refractivity contribution is 5.47. The highest BCUT2D eigenvalue weighted by atomic mass is 16.6. The molecule has 1 heterocycles. The van der Waals surface area contributed by atoms with Gasteiger partial charge in [-0.2, -0.15) is 0 Å². The van der Waals surface area contributed by atoms with Crippen molar-refractivity contribution < 1.29 is 4.92 Å². The van der Waals surface area contributed by atoms with Gasteiger partial charge in [0.05, 0.1) is 4.92 Å². The number of nitrogens with zero attached hydrogens (tertiary/aromatic N) is 2. The van der Waals surface area contributed by atoms with E-state index in [2.05, 4.69) is 4.90 Å². The maximum absolute atomic E-state index is 10.7. The standard InChI is InChI=1S/C9H10N2O2/c1-10-5-7-3-2-4-9(11(12)13)8(7)6-10/h2-4H,5-6H2,1H3. The molecule has 1 aromatic carbocycles. The molecular formula is C9H10N2O2. The zero-order chi connectivity index (χ0) is 9.42. The van der Waals surface area contributed by atoms with Gasteiger partial charge in [0.15, 0.2) is 0 Å². The normalized spacial score (nSPS) is 15.8. The van der Waals surface area contributed by atoms with Crippen LogP contribution in [0, 0.1) is 10.1 Å². The molecule has 1 aliphatic heterocycles. The van der Waals surface area contributed by atoms with Gasteiger partial charge in [-0.25, -0.2) is 0 Å². The lowest BCUT2D eigenvalue weighted by atomic mass is 10.1. The lowest BCUT2D eigenvalue weighted by Gasteiger charge is -2.02. The Kier molecular flexibility index (Phi) is 1.77. The molecule has 0 radical (unpaired) electrons. The number of nitro benzene ring substituents is 1. The van der Waals surface area contributed by atoms with Crippen LogP contribution in [-0.4, -0.2) is 16.9 Å². The smallest absolute Gasteiger partial charge is 0.274 e. The maximum atomic E-state index is 10.7. The summed E-state index contributed by atoms with van der Waals surface area (Å²) >= 11 is 0. The summed E-state index contributed by atoms with van der Waals surface area (Å²) in [6, 6.07) is 5.26. The highest BCUT2D eigenvalue weighted by Crippen LogP contribution is 2.29. The fourth-order valence-electron chi connectivity index (χ4n) is 1.74. The predicted octanol–water partition coefficient (Wildman–Crippen LogP) is 1.54. The van der Waals surface area contributed by atoms with Gasteiger partial charge in [-0.05, 0) is 12.6 Å². The molecule has 0 spiro atoms. The Labute approximate surface area is 75.9 Å². The second-order valence-corrected chi connectivity index (χ2v) is 3.34. The molecule has 0 fully saturated rings. The Bertz CT molecular complexity index is 363. The lowest BCUT2D eigenvalue weighted by molar-refractivity contribution is -0.385. The van der Waals surface area contributed by atoms with Gasteiger partial charge in [0.2, 0.25) is 0 Å². The molecular weight excluding hydrogens is 168 g/mol. The average Bonchev–Trinajstić information content (AvgIpc) is 2.43. The lowest BCUT2D eigenvalue weighted by Crippen LogP contribution is -2.07. The molecule has 0 aromatic heterocycles. The van der Waals surface area contributed by atoms with Crippen LogP contribution in [0.25, 0.3) is 0 Å². The molecule has 0 atom stereocenters. The van der Waals surface area contributed by atoms with Crippen LogP contribution >= 0.6 is 0 Å². The molecule has 68 valence electrons. The van der Waals surface area contributed by atoms with Crippen molar-refractivity contribution in [2.45, 2.75) is 13.1 Å². The summed E-state index contributed by atoms with van der Waals surface area (Å²) in [5, 5.41) is 10.7. The molecule has 0 amide bonds. The Morgan fingerprint density at radius 1 is 1.46 bits per heavy atom. The van der Waals surface area contributed by atoms with Gasteiger partial charge < -0.3 is 0 Å².